The number of nitrogens with one attached hydrogen (secondary N) is 1. The molecule has 0 saturated carbocycles. The van der Waals surface area contributed by atoms with Crippen molar-refractivity contribution in [1.82, 2.24) is 4.83 Å². The first-order chi connectivity index (χ1) is 13.5. The van der Waals surface area contributed by atoms with Gasteiger partial charge in [-0.1, -0.05) is 78.4 Å². The third-order valence-corrected chi connectivity index (χ3v) is 5.50. The van der Waals surface area contributed by atoms with Gasteiger partial charge in [-0.15, -0.1) is 0 Å². The quantitative estimate of drug-likeness (QED) is 0.485. The number of methoxy groups -OCH3 is 1. The molecule has 144 valence electrons. The fourth-order valence-corrected chi connectivity index (χ4v) is 3.61. The van der Waals surface area contributed by atoms with Crippen molar-refractivity contribution in [2.24, 2.45) is 5.10 Å². The van der Waals surface area contributed by atoms with Gasteiger partial charge >= 0.3 is 0 Å². The van der Waals surface area contributed by atoms with Crippen molar-refractivity contribution in [3.8, 4) is 0 Å². The van der Waals surface area contributed by atoms with Crippen LogP contribution in [-0.4, -0.2) is 21.2 Å². The van der Waals surface area contributed by atoms with Crippen LogP contribution in [0.3, 0.4) is 0 Å². The highest BCUT2D eigenvalue weighted by atomic mass is 32.2. The van der Waals surface area contributed by atoms with E-state index in [1.165, 1.54) is 0 Å². The first kappa shape index (κ1) is 19.8. The largest absolute Gasteiger partial charge is 0.370 e. The zero-order valence-corrected chi connectivity index (χ0v) is 16.6. The zero-order chi connectivity index (χ0) is 20.0. The Labute approximate surface area is 165 Å². The van der Waals surface area contributed by atoms with Crippen LogP contribution < -0.4 is 4.83 Å². The number of hydrogen-bond donors (Lipinski definition) is 1. The van der Waals surface area contributed by atoms with Gasteiger partial charge in [0.05, 0.1) is 4.90 Å². The maximum absolute atomic E-state index is 12.7. The molecule has 0 heterocycles. The van der Waals surface area contributed by atoms with Crippen LogP contribution in [0.15, 0.2) is 94.9 Å². The summed E-state index contributed by atoms with van der Waals surface area (Å²) >= 11 is 0. The standard InChI is InChI=1S/C22H22N2O3S/c1-17-13-15-20(16-14-17)28(25,26)24-23-21(18-9-5-3-6-10-18)22(27-2)19-11-7-4-8-12-19/h3-16,22,24H,1-2H3/b23-21+. The molecular formula is C22H22N2O3S. The number of rotatable bonds is 7. The molecule has 1 unspecified atom stereocenters. The highest BCUT2D eigenvalue weighted by molar-refractivity contribution is 7.89. The van der Waals surface area contributed by atoms with Gasteiger partial charge in [-0.05, 0) is 24.6 Å². The summed E-state index contributed by atoms with van der Waals surface area (Å²) in [6.07, 6.45) is -0.524. The summed E-state index contributed by atoms with van der Waals surface area (Å²) in [5.74, 6) is 0. The summed E-state index contributed by atoms with van der Waals surface area (Å²) < 4.78 is 31.0. The predicted octanol–water partition coefficient (Wildman–Crippen LogP) is 4.07. The lowest BCUT2D eigenvalue weighted by atomic mass is 9.99. The molecule has 1 N–H and O–H groups in total. The lowest BCUT2D eigenvalue weighted by Gasteiger charge is -2.19. The van der Waals surface area contributed by atoms with Gasteiger partial charge in [-0.2, -0.15) is 18.4 Å². The normalized spacial score (nSPS) is 13.1. The van der Waals surface area contributed by atoms with Gasteiger partial charge < -0.3 is 4.74 Å². The summed E-state index contributed by atoms with van der Waals surface area (Å²) in [5.41, 5.74) is 3.10. The van der Waals surface area contributed by atoms with Gasteiger partial charge in [-0.3, -0.25) is 0 Å². The van der Waals surface area contributed by atoms with E-state index >= 15 is 0 Å². The monoisotopic (exact) mass is 394 g/mol. The second-order valence-corrected chi connectivity index (χ2v) is 7.96. The molecule has 28 heavy (non-hydrogen) atoms. The van der Waals surface area contributed by atoms with Crippen molar-refractivity contribution in [3.05, 3.63) is 102 Å². The molecule has 0 aromatic heterocycles. The lowest BCUT2D eigenvalue weighted by molar-refractivity contribution is 0.158. The molecule has 0 amide bonds. The molecule has 0 aliphatic heterocycles. The van der Waals surface area contributed by atoms with Crippen molar-refractivity contribution in [3.63, 3.8) is 0 Å². The van der Waals surface area contributed by atoms with E-state index in [0.717, 1.165) is 16.7 Å². The van der Waals surface area contributed by atoms with Crippen LogP contribution >= 0.6 is 0 Å². The Morgan fingerprint density at radius 2 is 1.46 bits per heavy atom. The fraction of sp³-hybridized carbons (Fsp3) is 0.136. The Hall–Kier alpha value is -2.96. The highest BCUT2D eigenvalue weighted by Gasteiger charge is 2.21. The van der Waals surface area contributed by atoms with Crippen molar-refractivity contribution < 1.29 is 13.2 Å². The fourth-order valence-electron chi connectivity index (χ4n) is 2.80. The predicted molar refractivity (Wildman–Crippen MR) is 111 cm³/mol. The van der Waals surface area contributed by atoms with Crippen molar-refractivity contribution in [1.29, 1.82) is 0 Å². The lowest BCUT2D eigenvalue weighted by Crippen LogP contribution is -2.24. The molecule has 0 saturated heterocycles. The van der Waals surface area contributed by atoms with Crippen LogP contribution in [0.5, 0.6) is 0 Å². The van der Waals surface area contributed by atoms with Crippen molar-refractivity contribution >= 4 is 15.7 Å². The molecule has 1 atom stereocenters. The summed E-state index contributed by atoms with van der Waals surface area (Å²) in [7, 11) is -2.22. The Balaban J connectivity index is 2.00. The minimum absolute atomic E-state index is 0.155. The molecule has 3 aromatic carbocycles. The number of benzene rings is 3. The van der Waals surface area contributed by atoms with E-state index in [2.05, 4.69) is 9.93 Å². The van der Waals surface area contributed by atoms with Crippen LogP contribution in [0, 0.1) is 6.92 Å². The molecule has 6 heteroatoms. The van der Waals surface area contributed by atoms with E-state index in [9.17, 15) is 8.42 Å². The molecule has 3 aromatic rings. The molecule has 0 aliphatic carbocycles. The number of sulfonamides is 1. The van der Waals surface area contributed by atoms with Gasteiger partial charge in [0.1, 0.15) is 11.8 Å². The molecular weight excluding hydrogens is 372 g/mol. The van der Waals surface area contributed by atoms with Gasteiger partial charge in [0.2, 0.25) is 0 Å². The topological polar surface area (TPSA) is 67.8 Å². The molecule has 5 nitrogen and oxygen atoms in total. The Bertz CT molecular complexity index is 1030. The zero-order valence-electron chi connectivity index (χ0n) is 15.7. The molecule has 0 spiro atoms. The van der Waals surface area contributed by atoms with E-state index in [1.54, 1.807) is 31.4 Å². The summed E-state index contributed by atoms with van der Waals surface area (Å²) in [4.78, 5) is 2.51. The molecule has 0 bridgehead atoms. The van der Waals surface area contributed by atoms with Crippen LogP contribution in [0.4, 0.5) is 0 Å². The number of hydrazone groups is 1. The van der Waals surface area contributed by atoms with Crippen molar-refractivity contribution in [2.45, 2.75) is 17.9 Å². The molecule has 3 rings (SSSR count). The Morgan fingerprint density at radius 1 is 0.893 bits per heavy atom. The second-order valence-electron chi connectivity index (χ2n) is 6.30. The third kappa shape index (κ3) is 4.65. The van der Waals surface area contributed by atoms with E-state index in [4.69, 9.17) is 4.74 Å². The summed E-state index contributed by atoms with van der Waals surface area (Å²) in [5, 5.41) is 4.27. The Morgan fingerprint density at radius 3 is 2.04 bits per heavy atom. The van der Waals surface area contributed by atoms with Crippen LogP contribution in [-0.2, 0) is 14.8 Å². The number of hydrogen-bond acceptors (Lipinski definition) is 4. The van der Waals surface area contributed by atoms with Gasteiger partial charge in [0.15, 0.2) is 0 Å². The number of aryl methyl sites for hydroxylation is 1. The minimum atomic E-state index is -3.80. The second kappa shape index (κ2) is 8.82. The smallest absolute Gasteiger partial charge is 0.276 e. The highest BCUT2D eigenvalue weighted by Crippen LogP contribution is 2.23. The maximum atomic E-state index is 12.7. The SMILES string of the molecule is COC(/C(=N/NS(=O)(=O)c1ccc(C)cc1)c1ccccc1)c1ccccc1. The minimum Gasteiger partial charge on any atom is -0.370 e. The van der Waals surface area contributed by atoms with E-state index in [-0.39, 0.29) is 4.90 Å². The van der Waals surface area contributed by atoms with Gasteiger partial charge in [-0.25, -0.2) is 0 Å². The molecule has 0 aliphatic rings. The average molecular weight is 394 g/mol. The van der Waals surface area contributed by atoms with Gasteiger partial charge in [0, 0.05) is 12.7 Å². The number of ether oxygens (including phenoxy) is 1. The van der Waals surface area contributed by atoms with E-state index in [0.29, 0.717) is 5.71 Å². The summed E-state index contributed by atoms with van der Waals surface area (Å²) in [6, 6.07) is 25.5. The Kier molecular flexibility index (Phi) is 6.23. The first-order valence-electron chi connectivity index (χ1n) is 8.80. The van der Waals surface area contributed by atoms with Gasteiger partial charge in [0.25, 0.3) is 10.0 Å². The maximum Gasteiger partial charge on any atom is 0.276 e. The first-order valence-corrected chi connectivity index (χ1v) is 10.3. The molecule has 0 radical (unpaired) electrons. The molecule has 0 fully saturated rings. The summed E-state index contributed by atoms with van der Waals surface area (Å²) in [6.45, 7) is 1.90. The van der Waals surface area contributed by atoms with Crippen LogP contribution in [0.2, 0.25) is 0 Å². The van der Waals surface area contributed by atoms with E-state index < -0.39 is 16.1 Å². The van der Waals surface area contributed by atoms with Crippen LogP contribution in [0.1, 0.15) is 22.8 Å². The number of nitrogens with zero attached hydrogens (tertiary/aromatic N) is 1. The van der Waals surface area contributed by atoms with Crippen molar-refractivity contribution in [2.75, 3.05) is 7.11 Å². The van der Waals surface area contributed by atoms with E-state index in [1.807, 2.05) is 67.6 Å². The van der Waals surface area contributed by atoms with Crippen LogP contribution in [0.25, 0.3) is 0 Å². The third-order valence-electron chi connectivity index (χ3n) is 4.27. The average Bonchev–Trinajstić information content (AvgIpc) is 2.72.